The van der Waals surface area contributed by atoms with Crippen LogP contribution in [0.5, 0.6) is 0 Å². The average molecular weight is 322 g/mol. The van der Waals surface area contributed by atoms with Crippen molar-refractivity contribution >= 4 is 17.5 Å². The summed E-state index contributed by atoms with van der Waals surface area (Å²) in [6.45, 7) is -0.178. The molecule has 8 nitrogen and oxygen atoms in total. The maximum absolute atomic E-state index is 11.7. The number of fused-ring (bicyclic) bond motifs is 2. The fraction of sp³-hybridized carbons (Fsp3) is 0.917. The molecule has 9 heteroatoms. The minimum absolute atomic E-state index is 0.161. The van der Waals surface area contributed by atoms with Crippen LogP contribution in [-0.2, 0) is 19.0 Å². The molecule has 3 rings (SSSR count). The van der Waals surface area contributed by atoms with Gasteiger partial charge in [-0.25, -0.2) is 0 Å². The van der Waals surface area contributed by atoms with Crippen molar-refractivity contribution in [2.24, 2.45) is 0 Å². The Bertz CT molecular complexity index is 405. The van der Waals surface area contributed by atoms with Crippen LogP contribution in [0, 0.1) is 0 Å². The lowest BCUT2D eigenvalue weighted by molar-refractivity contribution is -0.205. The summed E-state index contributed by atoms with van der Waals surface area (Å²) < 4.78 is 16.0. The Morgan fingerprint density at radius 1 is 1.14 bits per heavy atom. The third kappa shape index (κ3) is 2.84. The Balaban J connectivity index is 1.67. The molecule has 21 heavy (non-hydrogen) atoms. The molecule has 0 spiro atoms. The zero-order valence-electron chi connectivity index (χ0n) is 11.1. The topological polar surface area (TPSA) is 126 Å². The highest BCUT2D eigenvalue weighted by Gasteiger charge is 2.48. The Morgan fingerprint density at radius 2 is 1.90 bits per heavy atom. The zero-order chi connectivity index (χ0) is 15.1. The van der Waals surface area contributed by atoms with E-state index in [9.17, 15) is 20.1 Å². The van der Waals surface area contributed by atoms with Crippen LogP contribution in [0.15, 0.2) is 0 Å². The lowest BCUT2D eigenvalue weighted by atomic mass is 10.0. The highest BCUT2D eigenvalue weighted by Crippen LogP contribution is 2.38. The van der Waals surface area contributed by atoms with Crippen molar-refractivity contribution in [2.45, 2.75) is 53.9 Å². The molecule has 4 N–H and O–H groups in total. The van der Waals surface area contributed by atoms with E-state index in [-0.39, 0.29) is 23.6 Å². The van der Waals surface area contributed by atoms with Crippen LogP contribution in [0.25, 0.3) is 0 Å². The molecule has 0 aliphatic carbocycles. The molecule has 120 valence electrons. The van der Waals surface area contributed by atoms with Gasteiger partial charge in [0.05, 0.1) is 19.3 Å². The van der Waals surface area contributed by atoms with Gasteiger partial charge in [-0.2, -0.15) is 0 Å². The van der Waals surface area contributed by atoms with Crippen molar-refractivity contribution in [1.82, 2.24) is 0 Å². The Labute approximate surface area is 125 Å². The molecule has 0 amide bonds. The van der Waals surface area contributed by atoms with Crippen LogP contribution < -0.4 is 0 Å². The molecule has 0 radical (unpaired) electrons. The average Bonchev–Trinajstić information content (AvgIpc) is 2.91. The van der Waals surface area contributed by atoms with Gasteiger partial charge in [0.1, 0.15) is 29.9 Å². The third-order valence-electron chi connectivity index (χ3n) is 3.95. The van der Waals surface area contributed by atoms with E-state index in [1.807, 2.05) is 0 Å². The summed E-state index contributed by atoms with van der Waals surface area (Å²) in [5.41, 5.74) is -0.862. The first-order valence-corrected chi connectivity index (χ1v) is 7.71. The number of ether oxygens (including phenoxy) is 3. The minimum atomic E-state index is -1.42. The molecule has 2 bridgehead atoms. The van der Waals surface area contributed by atoms with E-state index in [4.69, 9.17) is 19.3 Å². The number of aliphatic hydroxyl groups excluding tert-OH is 4. The maximum Gasteiger partial charge on any atom is 0.218 e. The molecule has 0 saturated carbocycles. The van der Waals surface area contributed by atoms with Crippen LogP contribution in [0.4, 0.5) is 0 Å². The number of aliphatic hydroxyl groups is 4. The number of ketones is 1. The van der Waals surface area contributed by atoms with Gasteiger partial charge in [0.25, 0.3) is 0 Å². The van der Waals surface area contributed by atoms with Crippen molar-refractivity contribution in [3.63, 3.8) is 0 Å². The zero-order valence-corrected chi connectivity index (χ0v) is 11.9. The third-order valence-corrected chi connectivity index (χ3v) is 5.43. The van der Waals surface area contributed by atoms with Crippen molar-refractivity contribution < 1.29 is 39.4 Å². The summed E-state index contributed by atoms with van der Waals surface area (Å²) in [7, 11) is 0. The first-order chi connectivity index (χ1) is 10.0. The first-order valence-electron chi connectivity index (χ1n) is 6.77. The number of Topliss-reactive ketones (excluding diaryl/α,β-unsaturated/α-hetero) is 1. The van der Waals surface area contributed by atoms with E-state index < -0.39 is 42.7 Å². The second-order valence-electron chi connectivity index (χ2n) is 5.38. The van der Waals surface area contributed by atoms with E-state index in [2.05, 4.69) is 0 Å². The Hall–Kier alpha value is -0.260. The number of rotatable bonds is 3. The van der Waals surface area contributed by atoms with Gasteiger partial charge in [0, 0.05) is 11.7 Å². The van der Waals surface area contributed by atoms with Gasteiger partial charge < -0.3 is 34.6 Å². The van der Waals surface area contributed by atoms with E-state index >= 15 is 0 Å². The fourth-order valence-electron chi connectivity index (χ4n) is 2.70. The van der Waals surface area contributed by atoms with Crippen LogP contribution in [-0.4, -0.2) is 86.9 Å². The van der Waals surface area contributed by atoms with E-state index in [0.717, 1.165) is 11.8 Å². The fourth-order valence-corrected chi connectivity index (χ4v) is 4.15. The molecular weight excluding hydrogens is 304 g/mol. The van der Waals surface area contributed by atoms with Gasteiger partial charge in [-0.15, -0.1) is 11.8 Å². The van der Waals surface area contributed by atoms with Crippen molar-refractivity contribution in [3.05, 3.63) is 0 Å². The Kier molecular flexibility index (Phi) is 4.53. The number of carbonyl (C=O) groups is 1. The normalized spacial score (nSPS) is 50.4. The molecule has 3 fully saturated rings. The molecule has 0 aromatic rings. The predicted molar refractivity (Wildman–Crippen MR) is 69.4 cm³/mol. The van der Waals surface area contributed by atoms with E-state index in [1.165, 1.54) is 0 Å². The van der Waals surface area contributed by atoms with Crippen LogP contribution in [0.3, 0.4) is 0 Å². The van der Waals surface area contributed by atoms with Crippen LogP contribution in [0.2, 0.25) is 0 Å². The van der Waals surface area contributed by atoms with Crippen LogP contribution >= 0.6 is 11.8 Å². The Morgan fingerprint density at radius 3 is 2.62 bits per heavy atom. The smallest absolute Gasteiger partial charge is 0.218 e. The predicted octanol–water partition coefficient (Wildman–Crippen LogP) is -2.40. The highest BCUT2D eigenvalue weighted by atomic mass is 32.2. The van der Waals surface area contributed by atoms with Gasteiger partial charge >= 0.3 is 0 Å². The summed E-state index contributed by atoms with van der Waals surface area (Å²) in [5.74, 6) is -0.161. The molecule has 3 heterocycles. The molecule has 0 aromatic carbocycles. The molecule has 3 aliphatic heterocycles. The molecule has 0 aromatic heterocycles. The molecule has 0 unspecified atom stereocenters. The largest absolute Gasteiger partial charge is 0.394 e. The van der Waals surface area contributed by atoms with Gasteiger partial charge in [-0.3, -0.25) is 4.79 Å². The van der Waals surface area contributed by atoms with Crippen molar-refractivity contribution in [3.8, 4) is 0 Å². The van der Waals surface area contributed by atoms with Gasteiger partial charge in [0.2, 0.25) is 6.29 Å². The number of thioether (sulfide) groups is 1. The maximum atomic E-state index is 11.7. The van der Waals surface area contributed by atoms with Gasteiger partial charge in [-0.1, -0.05) is 0 Å². The van der Waals surface area contributed by atoms with Gasteiger partial charge in [-0.05, 0) is 0 Å². The first kappa shape index (κ1) is 15.6. The second kappa shape index (κ2) is 6.09. The van der Waals surface area contributed by atoms with Crippen molar-refractivity contribution in [1.29, 1.82) is 0 Å². The lowest BCUT2D eigenvalue weighted by Gasteiger charge is -2.41. The molecule has 3 saturated heterocycles. The lowest BCUT2D eigenvalue weighted by Crippen LogP contribution is -2.58. The number of carbonyl (C=O) groups excluding carboxylic acids is 1. The summed E-state index contributed by atoms with van der Waals surface area (Å²) in [4.78, 5) is 11.7. The summed E-state index contributed by atoms with van der Waals surface area (Å²) >= 11 is 1.16. The van der Waals surface area contributed by atoms with E-state index in [0.29, 0.717) is 6.61 Å². The second-order valence-corrected chi connectivity index (χ2v) is 6.72. The SMILES string of the molecule is O=C1C[C@@H](S[C@@H]2O[C@H](CO)[C@@H](O)[C@H](O)[C@H]2O)[C@H]2CO[C@@H]1O2. The van der Waals surface area contributed by atoms with Crippen LogP contribution in [0.1, 0.15) is 6.42 Å². The summed E-state index contributed by atoms with van der Waals surface area (Å²) in [5, 5.41) is 38.4. The van der Waals surface area contributed by atoms with Crippen molar-refractivity contribution in [2.75, 3.05) is 13.2 Å². The monoisotopic (exact) mass is 322 g/mol. The number of hydrogen-bond donors (Lipinski definition) is 4. The minimum Gasteiger partial charge on any atom is -0.394 e. The van der Waals surface area contributed by atoms with Gasteiger partial charge in [0.15, 0.2) is 5.78 Å². The van der Waals surface area contributed by atoms with E-state index in [1.54, 1.807) is 0 Å². The molecule has 3 aliphatic rings. The number of hydrogen-bond acceptors (Lipinski definition) is 9. The standard InChI is InChI=1S/C12H18O8S/c13-2-5-8(15)9(16)10(17)12(20-5)21-7-1-4(14)11-18-3-6(7)19-11/h5-13,15-17H,1-3H2/t5-,6-,7-,8-,9+,10-,11-,12+/m1/s1. The summed E-state index contributed by atoms with van der Waals surface area (Å²) in [6, 6.07) is 0. The summed E-state index contributed by atoms with van der Waals surface area (Å²) in [6.07, 6.45) is -5.90. The highest BCUT2D eigenvalue weighted by molar-refractivity contribution is 8.00. The molecule has 8 atom stereocenters. The quantitative estimate of drug-likeness (QED) is 0.450. The molecular formula is C12H18O8S.